The Hall–Kier alpha value is -1.62. The fourth-order valence-electron chi connectivity index (χ4n) is 1.18. The highest BCUT2D eigenvalue weighted by atomic mass is 16.4. The molecule has 1 atom stereocenters. The molecule has 1 aromatic heterocycles. The molecule has 5 nitrogen and oxygen atoms in total. The zero-order chi connectivity index (χ0) is 12.2. The number of aliphatic hydroxyl groups is 1. The average molecular weight is 224 g/mol. The van der Waals surface area contributed by atoms with Crippen LogP contribution in [0.2, 0.25) is 0 Å². The van der Waals surface area contributed by atoms with E-state index >= 15 is 0 Å². The molecule has 0 spiro atoms. The van der Waals surface area contributed by atoms with Crippen LogP contribution in [0.15, 0.2) is 18.3 Å². The monoisotopic (exact) mass is 224 g/mol. The summed E-state index contributed by atoms with van der Waals surface area (Å²) in [5, 5.41) is 21.1. The van der Waals surface area contributed by atoms with Crippen LogP contribution < -0.4 is 5.32 Å². The Morgan fingerprint density at radius 1 is 1.62 bits per heavy atom. The molecule has 3 N–H and O–H groups in total. The Kier molecular flexibility index (Phi) is 3.84. The summed E-state index contributed by atoms with van der Waals surface area (Å²) in [5.41, 5.74) is -0.307. The van der Waals surface area contributed by atoms with Crippen molar-refractivity contribution in [2.45, 2.75) is 25.8 Å². The molecule has 0 amide bonds. The van der Waals surface area contributed by atoms with Crippen LogP contribution in [-0.4, -0.2) is 33.3 Å². The molecule has 1 heterocycles. The Balaban J connectivity index is 2.89. The molecule has 0 radical (unpaired) electrons. The second kappa shape index (κ2) is 4.94. The van der Waals surface area contributed by atoms with Crippen molar-refractivity contribution in [3.8, 4) is 0 Å². The maximum Gasteiger partial charge on any atom is 0.335 e. The molecule has 0 fully saturated rings. The van der Waals surface area contributed by atoms with Gasteiger partial charge in [0.1, 0.15) is 5.82 Å². The van der Waals surface area contributed by atoms with Gasteiger partial charge in [-0.05, 0) is 25.5 Å². The second-order valence-electron chi connectivity index (χ2n) is 3.93. The molecule has 0 aliphatic heterocycles. The van der Waals surface area contributed by atoms with Gasteiger partial charge in [-0.1, -0.05) is 6.92 Å². The maximum atomic E-state index is 10.8. The standard InChI is InChI=1S/C11H16N2O3/c1-3-11(2,7-14)13-9-6-8(10(15)16)4-5-12-9/h4-6,14H,3,7H2,1-2H3,(H,12,13)(H,15,16). The summed E-state index contributed by atoms with van der Waals surface area (Å²) in [6, 6.07) is 2.88. The lowest BCUT2D eigenvalue weighted by molar-refractivity contribution is 0.0697. The minimum absolute atomic E-state index is 0.0392. The van der Waals surface area contributed by atoms with Crippen LogP contribution in [0.4, 0.5) is 5.82 Å². The molecule has 0 saturated carbocycles. The minimum Gasteiger partial charge on any atom is -0.478 e. The van der Waals surface area contributed by atoms with Crippen LogP contribution in [-0.2, 0) is 0 Å². The van der Waals surface area contributed by atoms with Crippen molar-refractivity contribution in [1.82, 2.24) is 4.98 Å². The summed E-state index contributed by atoms with van der Waals surface area (Å²) in [4.78, 5) is 14.8. The number of carboxylic acid groups (broad SMARTS) is 1. The van der Waals surface area contributed by atoms with Crippen LogP contribution in [0.1, 0.15) is 30.6 Å². The lowest BCUT2D eigenvalue weighted by Crippen LogP contribution is -2.38. The first-order valence-electron chi connectivity index (χ1n) is 5.09. The highest BCUT2D eigenvalue weighted by molar-refractivity contribution is 5.88. The molecule has 0 saturated heterocycles. The molecule has 0 bridgehead atoms. The number of carbonyl (C=O) groups is 1. The molecule has 0 aromatic carbocycles. The molecule has 1 aromatic rings. The highest BCUT2D eigenvalue weighted by Gasteiger charge is 2.21. The van der Waals surface area contributed by atoms with Gasteiger partial charge in [-0.3, -0.25) is 0 Å². The zero-order valence-electron chi connectivity index (χ0n) is 9.40. The number of hydrogen-bond donors (Lipinski definition) is 3. The normalized spacial score (nSPS) is 14.2. The summed E-state index contributed by atoms with van der Waals surface area (Å²) in [6.07, 6.45) is 2.14. The van der Waals surface area contributed by atoms with Gasteiger partial charge >= 0.3 is 5.97 Å². The number of pyridine rings is 1. The van der Waals surface area contributed by atoms with Gasteiger partial charge in [0.2, 0.25) is 0 Å². The van der Waals surface area contributed by atoms with Gasteiger partial charge in [-0.15, -0.1) is 0 Å². The highest BCUT2D eigenvalue weighted by Crippen LogP contribution is 2.16. The Labute approximate surface area is 94.1 Å². The average Bonchev–Trinajstić information content (AvgIpc) is 2.29. The van der Waals surface area contributed by atoms with Crippen molar-refractivity contribution in [2.75, 3.05) is 11.9 Å². The summed E-state index contributed by atoms with van der Waals surface area (Å²) >= 11 is 0. The lowest BCUT2D eigenvalue weighted by atomic mass is 10.0. The van der Waals surface area contributed by atoms with E-state index in [0.29, 0.717) is 12.2 Å². The van der Waals surface area contributed by atoms with E-state index in [9.17, 15) is 9.90 Å². The fourth-order valence-corrected chi connectivity index (χ4v) is 1.18. The first-order valence-corrected chi connectivity index (χ1v) is 5.09. The number of anilines is 1. The zero-order valence-corrected chi connectivity index (χ0v) is 9.40. The summed E-state index contributed by atoms with van der Waals surface area (Å²) in [5.74, 6) is -0.536. The Morgan fingerprint density at radius 3 is 2.81 bits per heavy atom. The molecule has 1 rings (SSSR count). The predicted molar refractivity (Wildman–Crippen MR) is 60.6 cm³/mol. The van der Waals surface area contributed by atoms with Gasteiger partial charge in [0.25, 0.3) is 0 Å². The van der Waals surface area contributed by atoms with E-state index in [-0.39, 0.29) is 12.2 Å². The van der Waals surface area contributed by atoms with Gasteiger partial charge in [-0.25, -0.2) is 9.78 Å². The van der Waals surface area contributed by atoms with Gasteiger partial charge in [-0.2, -0.15) is 0 Å². The molecule has 5 heteroatoms. The van der Waals surface area contributed by atoms with Crippen molar-refractivity contribution in [3.05, 3.63) is 23.9 Å². The van der Waals surface area contributed by atoms with Gasteiger partial charge < -0.3 is 15.5 Å². The van der Waals surface area contributed by atoms with Gasteiger partial charge in [0.15, 0.2) is 0 Å². The molecule has 16 heavy (non-hydrogen) atoms. The van der Waals surface area contributed by atoms with Crippen molar-refractivity contribution in [1.29, 1.82) is 0 Å². The van der Waals surface area contributed by atoms with E-state index in [1.165, 1.54) is 18.3 Å². The van der Waals surface area contributed by atoms with Crippen molar-refractivity contribution in [3.63, 3.8) is 0 Å². The minimum atomic E-state index is -0.993. The van der Waals surface area contributed by atoms with E-state index in [0.717, 1.165) is 0 Å². The van der Waals surface area contributed by atoms with Crippen LogP contribution >= 0.6 is 0 Å². The van der Waals surface area contributed by atoms with E-state index in [2.05, 4.69) is 10.3 Å². The summed E-state index contributed by atoms with van der Waals surface area (Å²) < 4.78 is 0. The number of hydrogen-bond acceptors (Lipinski definition) is 4. The molecule has 88 valence electrons. The number of rotatable bonds is 5. The number of aliphatic hydroxyl groups excluding tert-OH is 1. The van der Waals surface area contributed by atoms with E-state index in [4.69, 9.17) is 5.11 Å². The van der Waals surface area contributed by atoms with Crippen LogP contribution in [0, 0.1) is 0 Å². The number of aromatic carboxylic acids is 1. The first kappa shape index (κ1) is 12.4. The van der Waals surface area contributed by atoms with E-state index in [1.807, 2.05) is 13.8 Å². The smallest absolute Gasteiger partial charge is 0.335 e. The van der Waals surface area contributed by atoms with Crippen LogP contribution in [0.5, 0.6) is 0 Å². The van der Waals surface area contributed by atoms with Crippen molar-refractivity contribution in [2.24, 2.45) is 0 Å². The molecular formula is C11H16N2O3. The number of nitrogens with zero attached hydrogens (tertiary/aromatic N) is 1. The third-order valence-electron chi connectivity index (χ3n) is 2.57. The van der Waals surface area contributed by atoms with Gasteiger partial charge in [0, 0.05) is 6.20 Å². The Bertz CT molecular complexity index is 375. The quantitative estimate of drug-likeness (QED) is 0.703. The topological polar surface area (TPSA) is 82.5 Å². The maximum absolute atomic E-state index is 10.8. The van der Waals surface area contributed by atoms with E-state index in [1.54, 1.807) is 0 Å². The SMILES string of the molecule is CCC(C)(CO)Nc1cc(C(=O)O)ccn1. The van der Waals surface area contributed by atoms with Gasteiger partial charge in [0.05, 0.1) is 17.7 Å². The number of nitrogens with one attached hydrogen (secondary N) is 1. The summed E-state index contributed by atoms with van der Waals surface area (Å²) in [7, 11) is 0. The fraction of sp³-hybridized carbons (Fsp3) is 0.455. The largest absolute Gasteiger partial charge is 0.478 e. The molecular weight excluding hydrogens is 208 g/mol. The van der Waals surface area contributed by atoms with Crippen molar-refractivity contribution >= 4 is 11.8 Å². The third-order valence-corrected chi connectivity index (χ3v) is 2.57. The predicted octanol–water partition coefficient (Wildman–Crippen LogP) is 1.35. The number of aromatic nitrogens is 1. The number of carboxylic acids is 1. The molecule has 0 aliphatic carbocycles. The Morgan fingerprint density at radius 2 is 2.31 bits per heavy atom. The second-order valence-corrected chi connectivity index (χ2v) is 3.93. The van der Waals surface area contributed by atoms with Crippen LogP contribution in [0.3, 0.4) is 0 Å². The van der Waals surface area contributed by atoms with Crippen LogP contribution in [0.25, 0.3) is 0 Å². The lowest BCUT2D eigenvalue weighted by Gasteiger charge is -2.27. The summed E-state index contributed by atoms with van der Waals surface area (Å²) in [6.45, 7) is 3.74. The first-order chi connectivity index (χ1) is 7.50. The molecule has 1 unspecified atom stereocenters. The molecule has 0 aliphatic rings. The van der Waals surface area contributed by atoms with E-state index < -0.39 is 11.5 Å². The third kappa shape index (κ3) is 2.93. The van der Waals surface area contributed by atoms with Crippen molar-refractivity contribution < 1.29 is 15.0 Å².